The maximum absolute atomic E-state index is 12.4. The van der Waals surface area contributed by atoms with Crippen molar-refractivity contribution in [3.63, 3.8) is 0 Å². The monoisotopic (exact) mass is 395 g/mol. The maximum atomic E-state index is 12.4. The van der Waals surface area contributed by atoms with Crippen LogP contribution in [-0.4, -0.2) is 44.5 Å². The van der Waals surface area contributed by atoms with E-state index in [0.717, 1.165) is 11.3 Å². The Kier molecular flexibility index (Phi) is 6.84. The maximum Gasteiger partial charge on any atom is 0.227 e. The molecular formula is C22H25N3O4. The molecular weight excluding hydrogens is 370 g/mol. The number of nitrogens with zero attached hydrogens (tertiary/aromatic N) is 1. The first-order valence-electron chi connectivity index (χ1n) is 9.59. The Hall–Kier alpha value is -3.35. The normalized spacial score (nSPS) is 15.8. The second-order valence-electron chi connectivity index (χ2n) is 6.91. The summed E-state index contributed by atoms with van der Waals surface area (Å²) in [5, 5.41) is 5.59. The molecule has 1 heterocycles. The molecule has 0 spiro atoms. The molecule has 0 bridgehead atoms. The molecule has 1 aliphatic heterocycles. The summed E-state index contributed by atoms with van der Waals surface area (Å²) in [7, 11) is 1.57. The van der Waals surface area contributed by atoms with Gasteiger partial charge in [0.25, 0.3) is 0 Å². The Morgan fingerprint density at radius 3 is 2.59 bits per heavy atom. The summed E-state index contributed by atoms with van der Waals surface area (Å²) in [6, 6.07) is 16.7. The highest BCUT2D eigenvalue weighted by molar-refractivity contribution is 6.00. The third kappa shape index (κ3) is 5.57. The molecule has 7 nitrogen and oxygen atoms in total. The van der Waals surface area contributed by atoms with E-state index in [1.807, 2.05) is 42.5 Å². The standard InChI is InChI=1S/C22H25N3O4/c1-29-19-9-5-8-18(14-19)25-15-17(13-21(25)27)22(28)24-11-10-23-20(26)12-16-6-3-2-4-7-16/h2-9,14,17H,10-13,15H2,1H3,(H,23,26)(H,24,28). The van der Waals surface area contributed by atoms with Crippen LogP contribution in [0.3, 0.4) is 0 Å². The number of anilines is 1. The zero-order chi connectivity index (χ0) is 20.6. The predicted molar refractivity (Wildman–Crippen MR) is 110 cm³/mol. The average Bonchev–Trinajstić information content (AvgIpc) is 3.13. The van der Waals surface area contributed by atoms with E-state index in [1.54, 1.807) is 24.1 Å². The van der Waals surface area contributed by atoms with Crippen molar-refractivity contribution in [1.29, 1.82) is 0 Å². The summed E-state index contributed by atoms with van der Waals surface area (Å²) >= 11 is 0. The largest absolute Gasteiger partial charge is 0.497 e. The molecule has 1 saturated heterocycles. The van der Waals surface area contributed by atoms with E-state index >= 15 is 0 Å². The highest BCUT2D eigenvalue weighted by Crippen LogP contribution is 2.27. The number of amides is 3. The highest BCUT2D eigenvalue weighted by atomic mass is 16.5. The van der Waals surface area contributed by atoms with Gasteiger partial charge in [-0.15, -0.1) is 0 Å². The van der Waals surface area contributed by atoms with E-state index in [0.29, 0.717) is 31.8 Å². The van der Waals surface area contributed by atoms with Gasteiger partial charge >= 0.3 is 0 Å². The Morgan fingerprint density at radius 2 is 1.83 bits per heavy atom. The van der Waals surface area contributed by atoms with Crippen molar-refractivity contribution >= 4 is 23.4 Å². The first kappa shape index (κ1) is 20.4. The fourth-order valence-electron chi connectivity index (χ4n) is 3.29. The van der Waals surface area contributed by atoms with Crippen molar-refractivity contribution in [1.82, 2.24) is 10.6 Å². The van der Waals surface area contributed by atoms with Gasteiger partial charge in [0.05, 0.1) is 19.4 Å². The van der Waals surface area contributed by atoms with Crippen LogP contribution in [0.25, 0.3) is 0 Å². The summed E-state index contributed by atoms with van der Waals surface area (Å²) < 4.78 is 5.19. The van der Waals surface area contributed by atoms with Crippen LogP contribution in [0.15, 0.2) is 54.6 Å². The lowest BCUT2D eigenvalue weighted by Gasteiger charge is -2.17. The Bertz CT molecular complexity index is 869. The zero-order valence-electron chi connectivity index (χ0n) is 16.4. The van der Waals surface area contributed by atoms with Crippen molar-refractivity contribution in [2.45, 2.75) is 12.8 Å². The van der Waals surface area contributed by atoms with Crippen LogP contribution >= 0.6 is 0 Å². The Labute approximate surface area is 170 Å². The van der Waals surface area contributed by atoms with Gasteiger partial charge < -0.3 is 20.3 Å². The van der Waals surface area contributed by atoms with Gasteiger partial charge in [-0.3, -0.25) is 14.4 Å². The van der Waals surface area contributed by atoms with Gasteiger partial charge in [0, 0.05) is 37.8 Å². The number of ether oxygens (including phenoxy) is 1. The van der Waals surface area contributed by atoms with E-state index < -0.39 is 5.92 Å². The Morgan fingerprint density at radius 1 is 1.07 bits per heavy atom. The summed E-state index contributed by atoms with van der Waals surface area (Å²) in [6.45, 7) is 0.999. The third-order valence-electron chi connectivity index (χ3n) is 4.81. The fourth-order valence-corrected chi connectivity index (χ4v) is 3.29. The second kappa shape index (κ2) is 9.73. The van der Waals surface area contributed by atoms with E-state index in [1.165, 1.54) is 0 Å². The smallest absolute Gasteiger partial charge is 0.227 e. The van der Waals surface area contributed by atoms with E-state index in [9.17, 15) is 14.4 Å². The van der Waals surface area contributed by atoms with Gasteiger partial charge in [0.2, 0.25) is 17.7 Å². The number of rotatable bonds is 8. The van der Waals surface area contributed by atoms with E-state index in [4.69, 9.17) is 4.74 Å². The van der Waals surface area contributed by atoms with Gasteiger partial charge in [0.1, 0.15) is 5.75 Å². The predicted octanol–water partition coefficient (Wildman–Crippen LogP) is 1.52. The quantitative estimate of drug-likeness (QED) is 0.664. The van der Waals surface area contributed by atoms with Gasteiger partial charge in [-0.2, -0.15) is 0 Å². The molecule has 3 rings (SSSR count). The van der Waals surface area contributed by atoms with Crippen LogP contribution in [0.1, 0.15) is 12.0 Å². The molecule has 2 aromatic carbocycles. The third-order valence-corrected chi connectivity index (χ3v) is 4.81. The molecule has 0 saturated carbocycles. The SMILES string of the molecule is COc1cccc(N2CC(C(=O)NCCNC(=O)Cc3ccccc3)CC2=O)c1. The molecule has 7 heteroatoms. The van der Waals surface area contributed by atoms with Crippen molar-refractivity contribution in [2.24, 2.45) is 5.92 Å². The van der Waals surface area contributed by atoms with E-state index in [-0.39, 0.29) is 24.1 Å². The minimum atomic E-state index is -0.409. The molecule has 152 valence electrons. The number of methoxy groups -OCH3 is 1. The first-order chi connectivity index (χ1) is 14.1. The van der Waals surface area contributed by atoms with Crippen LogP contribution in [-0.2, 0) is 20.8 Å². The highest BCUT2D eigenvalue weighted by Gasteiger charge is 2.35. The molecule has 1 aliphatic rings. The van der Waals surface area contributed by atoms with E-state index in [2.05, 4.69) is 10.6 Å². The average molecular weight is 395 g/mol. The number of benzene rings is 2. The number of carbonyl (C=O) groups is 3. The minimum Gasteiger partial charge on any atom is -0.497 e. The topological polar surface area (TPSA) is 87.7 Å². The molecule has 2 N–H and O–H groups in total. The van der Waals surface area contributed by atoms with Gasteiger partial charge in [-0.1, -0.05) is 36.4 Å². The van der Waals surface area contributed by atoms with Crippen LogP contribution in [0.5, 0.6) is 5.75 Å². The molecule has 29 heavy (non-hydrogen) atoms. The minimum absolute atomic E-state index is 0.0884. The zero-order valence-corrected chi connectivity index (χ0v) is 16.4. The molecule has 0 aromatic heterocycles. The molecule has 2 aromatic rings. The van der Waals surface area contributed by atoms with Crippen molar-refractivity contribution < 1.29 is 19.1 Å². The van der Waals surface area contributed by atoms with Crippen LogP contribution in [0.4, 0.5) is 5.69 Å². The second-order valence-corrected chi connectivity index (χ2v) is 6.91. The van der Waals surface area contributed by atoms with Gasteiger partial charge in [-0.05, 0) is 17.7 Å². The van der Waals surface area contributed by atoms with Crippen LogP contribution in [0.2, 0.25) is 0 Å². The lowest BCUT2D eigenvalue weighted by atomic mass is 10.1. The Balaban J connectivity index is 1.42. The fraction of sp³-hybridized carbons (Fsp3) is 0.318. The number of hydrogen-bond donors (Lipinski definition) is 2. The summed E-state index contributed by atoms with van der Waals surface area (Å²) in [6.07, 6.45) is 0.477. The van der Waals surface area contributed by atoms with Gasteiger partial charge in [0.15, 0.2) is 0 Å². The van der Waals surface area contributed by atoms with Gasteiger partial charge in [-0.25, -0.2) is 0 Å². The first-order valence-corrected chi connectivity index (χ1v) is 9.59. The molecule has 3 amide bonds. The molecule has 1 unspecified atom stereocenters. The van der Waals surface area contributed by atoms with Crippen molar-refractivity contribution in [3.05, 3.63) is 60.2 Å². The van der Waals surface area contributed by atoms with Crippen molar-refractivity contribution in [2.75, 3.05) is 31.6 Å². The lowest BCUT2D eigenvalue weighted by Crippen LogP contribution is -2.38. The molecule has 1 atom stereocenters. The van der Waals surface area contributed by atoms with Crippen LogP contribution in [0, 0.1) is 5.92 Å². The molecule has 0 aliphatic carbocycles. The number of hydrogen-bond acceptors (Lipinski definition) is 4. The molecule has 1 fully saturated rings. The summed E-state index contributed by atoms with van der Waals surface area (Å²) in [4.78, 5) is 38.3. The van der Waals surface area contributed by atoms with Crippen molar-refractivity contribution in [3.8, 4) is 5.75 Å². The lowest BCUT2D eigenvalue weighted by molar-refractivity contribution is -0.126. The number of carbonyl (C=O) groups excluding carboxylic acids is 3. The number of nitrogens with one attached hydrogen (secondary N) is 2. The van der Waals surface area contributed by atoms with Crippen LogP contribution < -0.4 is 20.3 Å². The summed E-state index contributed by atoms with van der Waals surface area (Å²) in [5.74, 6) is -0.107. The summed E-state index contributed by atoms with van der Waals surface area (Å²) in [5.41, 5.74) is 1.66. The molecule has 0 radical (unpaired) electrons.